The van der Waals surface area contributed by atoms with Crippen molar-refractivity contribution in [2.24, 2.45) is 4.99 Å². The molecule has 0 atom stereocenters. The van der Waals surface area contributed by atoms with Crippen molar-refractivity contribution in [1.29, 1.82) is 0 Å². The molecule has 0 saturated heterocycles. The minimum Gasteiger partial charge on any atom is -0.871 e. The molecule has 1 aromatic carbocycles. The molecule has 168 valence electrons. The number of hydrogen-bond donors (Lipinski definition) is 1. The molecule has 0 aliphatic carbocycles. The first kappa shape index (κ1) is 21.2. The summed E-state index contributed by atoms with van der Waals surface area (Å²) in [6.45, 7) is 1.08. The number of nitrogen functional groups attached to an aromatic ring is 1. The van der Waals surface area contributed by atoms with E-state index >= 15 is 0 Å². The molecular formula is C25H17F2N5O2. The molecule has 0 radical (unpaired) electrons. The lowest BCUT2D eigenvalue weighted by Gasteiger charge is -2.18. The minimum absolute atomic E-state index is 0.0301. The van der Waals surface area contributed by atoms with E-state index < -0.39 is 23.0 Å². The number of benzene rings is 1. The number of anilines is 1. The Labute approximate surface area is 193 Å². The molecule has 34 heavy (non-hydrogen) atoms. The fourth-order valence-electron chi connectivity index (χ4n) is 3.56. The molecule has 2 aromatic heterocycles. The average molecular weight is 457 g/mol. The van der Waals surface area contributed by atoms with E-state index in [4.69, 9.17) is 10.5 Å². The molecule has 3 aromatic rings. The Hall–Kier alpha value is -4.62. The molecule has 0 amide bonds. The van der Waals surface area contributed by atoms with Crippen LogP contribution in [0.15, 0.2) is 66.1 Å². The lowest BCUT2D eigenvalue weighted by atomic mass is 10.00. The lowest BCUT2D eigenvalue weighted by molar-refractivity contribution is -0.243. The van der Waals surface area contributed by atoms with Gasteiger partial charge in [0.15, 0.2) is 17.8 Å². The highest BCUT2D eigenvalue weighted by atomic mass is 19.1. The fourth-order valence-corrected chi connectivity index (χ4v) is 3.56. The van der Waals surface area contributed by atoms with Gasteiger partial charge in [0.05, 0.1) is 12.2 Å². The first-order valence-corrected chi connectivity index (χ1v) is 10.3. The van der Waals surface area contributed by atoms with Crippen LogP contribution in [0, 0.1) is 17.8 Å². The van der Waals surface area contributed by atoms with Gasteiger partial charge in [0.25, 0.3) is 0 Å². The van der Waals surface area contributed by atoms with Crippen molar-refractivity contribution in [2.45, 2.75) is 0 Å². The van der Waals surface area contributed by atoms with Gasteiger partial charge in [-0.15, -0.1) is 0 Å². The first-order valence-electron chi connectivity index (χ1n) is 10.3. The van der Waals surface area contributed by atoms with Crippen LogP contribution < -0.4 is 15.6 Å². The number of allylic oxidation sites excluding steroid dienone is 3. The van der Waals surface area contributed by atoms with E-state index in [9.17, 15) is 13.9 Å². The maximum absolute atomic E-state index is 14.4. The predicted octanol–water partition coefficient (Wildman–Crippen LogP) is 3.47. The number of fused-ring (bicyclic) bond motifs is 1. The second-order valence-electron chi connectivity index (χ2n) is 7.49. The number of hydrogen-bond acceptors (Lipinski definition) is 7. The highest BCUT2D eigenvalue weighted by molar-refractivity contribution is 6.22. The van der Waals surface area contributed by atoms with Crippen LogP contribution in [0.1, 0.15) is 11.1 Å². The maximum Gasteiger partial charge on any atom is 0.213 e. The average Bonchev–Trinajstić information content (AvgIpc) is 3.52. The van der Waals surface area contributed by atoms with Crippen LogP contribution in [0.3, 0.4) is 0 Å². The topological polar surface area (TPSA) is 99.7 Å². The highest BCUT2D eigenvalue weighted by Gasteiger charge is 2.20. The molecule has 5 rings (SSSR count). The Bertz CT molecular complexity index is 1370. The van der Waals surface area contributed by atoms with E-state index in [0.29, 0.717) is 30.2 Å². The van der Waals surface area contributed by atoms with E-state index in [2.05, 4.69) is 21.2 Å². The molecule has 0 bridgehead atoms. The molecule has 0 unspecified atom stereocenters. The van der Waals surface area contributed by atoms with Gasteiger partial charge < -0.3 is 15.6 Å². The van der Waals surface area contributed by atoms with Crippen molar-refractivity contribution in [3.8, 4) is 17.0 Å². The lowest BCUT2D eigenvalue weighted by Crippen LogP contribution is -2.17. The van der Waals surface area contributed by atoms with Gasteiger partial charge >= 0.3 is 0 Å². The summed E-state index contributed by atoms with van der Waals surface area (Å²) in [5, 5.41) is 13.0. The van der Waals surface area contributed by atoms with Gasteiger partial charge in [-0.2, -0.15) is 4.90 Å². The second-order valence-corrected chi connectivity index (χ2v) is 7.49. The summed E-state index contributed by atoms with van der Waals surface area (Å²) < 4.78 is 34.3. The summed E-state index contributed by atoms with van der Waals surface area (Å²) in [6, 6.07) is 7.25. The van der Waals surface area contributed by atoms with Gasteiger partial charge in [-0.05, 0) is 29.8 Å². The molecule has 7 nitrogen and oxygen atoms in total. The van der Waals surface area contributed by atoms with Gasteiger partial charge in [-0.3, -0.25) is 0 Å². The van der Waals surface area contributed by atoms with E-state index in [1.54, 1.807) is 24.5 Å². The molecule has 9 heteroatoms. The highest BCUT2D eigenvalue weighted by Crippen LogP contribution is 2.37. The van der Waals surface area contributed by atoms with Crippen LogP contribution in [-0.4, -0.2) is 34.2 Å². The molecule has 4 heterocycles. The Morgan fingerprint density at radius 1 is 1.12 bits per heavy atom. The van der Waals surface area contributed by atoms with Crippen molar-refractivity contribution >= 4 is 29.1 Å². The van der Waals surface area contributed by atoms with Crippen LogP contribution >= 0.6 is 0 Å². The van der Waals surface area contributed by atoms with Gasteiger partial charge in [-0.1, -0.05) is 5.76 Å². The zero-order chi connectivity index (χ0) is 23.7. The van der Waals surface area contributed by atoms with Crippen LogP contribution in [0.25, 0.3) is 22.5 Å². The number of nitrogens with zero attached hydrogens (tertiary/aromatic N) is 4. The van der Waals surface area contributed by atoms with E-state index in [1.165, 1.54) is 6.21 Å². The van der Waals surface area contributed by atoms with Gasteiger partial charge in [0, 0.05) is 46.9 Å². The number of aromatic nitrogens is 2. The SMILES string of the molecule is Nc1ccc(F)c(C([O-])=C2C=Nc3ncc(-c4ccc(OCCN5[C+]=CC=C5)nc4)cc32)c1F. The Balaban J connectivity index is 1.39. The Morgan fingerprint density at radius 2 is 1.97 bits per heavy atom. The third-order valence-corrected chi connectivity index (χ3v) is 5.32. The van der Waals surface area contributed by atoms with Crippen molar-refractivity contribution in [3.63, 3.8) is 0 Å². The summed E-state index contributed by atoms with van der Waals surface area (Å²) in [5.41, 5.74) is 6.26. The van der Waals surface area contributed by atoms with Crippen LogP contribution in [0.5, 0.6) is 5.88 Å². The Morgan fingerprint density at radius 3 is 2.74 bits per heavy atom. The first-order chi connectivity index (χ1) is 16.5. The normalized spacial score (nSPS) is 14.9. The van der Waals surface area contributed by atoms with Crippen LogP contribution in [0.2, 0.25) is 0 Å². The molecule has 0 fully saturated rings. The zero-order valence-corrected chi connectivity index (χ0v) is 17.7. The summed E-state index contributed by atoms with van der Waals surface area (Å²) in [5.74, 6) is -2.21. The largest absolute Gasteiger partial charge is 0.871 e. The number of halogens is 2. The monoisotopic (exact) mass is 457 g/mol. The molecule has 0 spiro atoms. The predicted molar refractivity (Wildman–Crippen MR) is 122 cm³/mol. The van der Waals surface area contributed by atoms with Gasteiger partial charge in [0.1, 0.15) is 30.8 Å². The third kappa shape index (κ3) is 3.96. The summed E-state index contributed by atoms with van der Waals surface area (Å²) in [4.78, 5) is 14.6. The van der Waals surface area contributed by atoms with Crippen molar-refractivity contribution < 1.29 is 18.6 Å². The molecular weight excluding hydrogens is 440 g/mol. The standard InChI is InChI=1S/C25H17F2N5O2/c26-19-4-5-20(28)23(27)22(19)24(33)18-14-31-25-17(18)11-16(13-30-25)15-3-6-21(29-12-15)34-10-9-32-7-1-2-8-32/h1-7,11-14H,9-10,28H2. The number of aliphatic imine (C=N–C) groups is 1. The number of ether oxygens (including phenoxy) is 1. The molecule has 2 N–H and O–H groups in total. The van der Waals surface area contributed by atoms with E-state index in [-0.39, 0.29) is 17.1 Å². The molecule has 0 saturated carbocycles. The van der Waals surface area contributed by atoms with Crippen molar-refractivity contribution in [2.75, 3.05) is 18.9 Å². The van der Waals surface area contributed by atoms with E-state index in [0.717, 1.165) is 17.7 Å². The fraction of sp³-hybridized carbons (Fsp3) is 0.0800. The number of pyridine rings is 2. The summed E-state index contributed by atoms with van der Waals surface area (Å²) in [7, 11) is 0. The van der Waals surface area contributed by atoms with Gasteiger partial charge in [0.2, 0.25) is 5.88 Å². The summed E-state index contributed by atoms with van der Waals surface area (Å²) in [6.07, 6.45) is 13.1. The van der Waals surface area contributed by atoms with Crippen molar-refractivity contribution in [1.82, 2.24) is 14.9 Å². The Kier molecular flexibility index (Phi) is 5.45. The van der Waals surface area contributed by atoms with E-state index in [1.807, 2.05) is 29.3 Å². The van der Waals surface area contributed by atoms with Gasteiger partial charge in [-0.25, -0.2) is 23.7 Å². The third-order valence-electron chi connectivity index (χ3n) is 5.32. The smallest absolute Gasteiger partial charge is 0.213 e. The minimum atomic E-state index is -1.10. The quantitative estimate of drug-likeness (QED) is 0.346. The second kappa shape index (κ2) is 8.73. The molecule has 2 aliphatic heterocycles. The summed E-state index contributed by atoms with van der Waals surface area (Å²) >= 11 is 0. The molecule has 2 aliphatic rings. The van der Waals surface area contributed by atoms with Crippen LogP contribution in [-0.2, 0) is 0 Å². The number of rotatable bonds is 6. The van der Waals surface area contributed by atoms with Crippen LogP contribution in [0.4, 0.5) is 20.3 Å². The number of nitrogens with two attached hydrogens (primary N) is 1. The maximum atomic E-state index is 14.4. The zero-order valence-electron chi connectivity index (χ0n) is 17.7. The van der Waals surface area contributed by atoms with Crippen molar-refractivity contribution in [3.05, 3.63) is 90.0 Å².